The molecule has 0 spiro atoms. The van der Waals surface area contributed by atoms with Crippen molar-refractivity contribution in [1.82, 2.24) is 9.97 Å². The van der Waals surface area contributed by atoms with Gasteiger partial charge in [0.25, 0.3) is 0 Å². The Morgan fingerprint density at radius 2 is 1.70 bits per heavy atom. The topological polar surface area (TPSA) is 95.1 Å². The first-order chi connectivity index (χ1) is 16.0. The molecule has 1 fully saturated rings. The van der Waals surface area contributed by atoms with E-state index in [0.29, 0.717) is 11.4 Å². The summed E-state index contributed by atoms with van der Waals surface area (Å²) in [6.07, 6.45) is 4.47. The molecular formula is C27H25N3O3. The highest BCUT2D eigenvalue weighted by molar-refractivity contribution is 6.00. The SMILES string of the molecule is O=C(Cc1ccc(O)cc1)c1ccc2[nH]c(-c3ccc(NC(=O)C4CCCC4)cc3)nc2c1. The van der Waals surface area contributed by atoms with E-state index in [1.807, 2.05) is 30.3 Å². The van der Waals surface area contributed by atoms with E-state index in [9.17, 15) is 14.7 Å². The first-order valence-electron chi connectivity index (χ1n) is 11.3. The van der Waals surface area contributed by atoms with E-state index in [1.54, 1.807) is 36.4 Å². The van der Waals surface area contributed by atoms with Gasteiger partial charge >= 0.3 is 0 Å². The van der Waals surface area contributed by atoms with Crippen molar-refractivity contribution in [2.24, 2.45) is 5.92 Å². The second kappa shape index (κ2) is 8.90. The van der Waals surface area contributed by atoms with Crippen LogP contribution in [0.2, 0.25) is 0 Å². The van der Waals surface area contributed by atoms with Gasteiger partial charge in [-0.2, -0.15) is 0 Å². The Kier molecular flexibility index (Phi) is 5.65. The molecule has 33 heavy (non-hydrogen) atoms. The molecule has 5 rings (SSSR count). The number of H-pyrrole nitrogens is 1. The van der Waals surface area contributed by atoms with Crippen molar-refractivity contribution in [3.8, 4) is 17.1 Å². The number of Topliss-reactive ketones (excluding diaryl/α,β-unsaturated/α-hetero) is 1. The summed E-state index contributed by atoms with van der Waals surface area (Å²) in [6.45, 7) is 0. The van der Waals surface area contributed by atoms with Crippen LogP contribution in [0.25, 0.3) is 22.4 Å². The molecule has 6 heteroatoms. The number of fused-ring (bicyclic) bond motifs is 1. The van der Waals surface area contributed by atoms with Gasteiger partial charge in [-0.05, 0) is 73.0 Å². The van der Waals surface area contributed by atoms with E-state index in [4.69, 9.17) is 0 Å². The monoisotopic (exact) mass is 439 g/mol. The number of ketones is 1. The van der Waals surface area contributed by atoms with Gasteiger partial charge in [0, 0.05) is 29.2 Å². The molecule has 0 unspecified atom stereocenters. The first-order valence-corrected chi connectivity index (χ1v) is 11.3. The summed E-state index contributed by atoms with van der Waals surface area (Å²) in [4.78, 5) is 33.0. The fourth-order valence-corrected chi connectivity index (χ4v) is 4.36. The van der Waals surface area contributed by atoms with Crippen LogP contribution in [0.5, 0.6) is 5.75 Å². The predicted molar refractivity (Wildman–Crippen MR) is 128 cm³/mol. The zero-order valence-electron chi connectivity index (χ0n) is 18.2. The number of anilines is 1. The first kappa shape index (κ1) is 20.9. The molecule has 166 valence electrons. The Balaban J connectivity index is 1.30. The van der Waals surface area contributed by atoms with Gasteiger partial charge in [-0.3, -0.25) is 9.59 Å². The summed E-state index contributed by atoms with van der Waals surface area (Å²) in [5.41, 5.74) is 4.71. The molecule has 0 aliphatic heterocycles. The summed E-state index contributed by atoms with van der Waals surface area (Å²) in [6, 6.07) is 19.8. The number of phenolic OH excluding ortho intramolecular Hbond substituents is 1. The van der Waals surface area contributed by atoms with Crippen LogP contribution in [0.1, 0.15) is 41.6 Å². The van der Waals surface area contributed by atoms with Crippen molar-refractivity contribution >= 4 is 28.4 Å². The van der Waals surface area contributed by atoms with E-state index in [1.165, 1.54) is 0 Å². The highest BCUT2D eigenvalue weighted by Gasteiger charge is 2.22. The van der Waals surface area contributed by atoms with Crippen molar-refractivity contribution in [1.29, 1.82) is 0 Å². The third-order valence-electron chi connectivity index (χ3n) is 6.26. The van der Waals surface area contributed by atoms with Crippen molar-refractivity contribution < 1.29 is 14.7 Å². The standard InChI is InChI=1S/C27H25N3O3/c31-22-12-5-17(6-13-22)15-25(32)20-9-14-23-24(16-20)30-26(29-23)18-7-10-21(11-8-18)28-27(33)19-3-1-2-4-19/h5-14,16,19,31H,1-4,15H2,(H,28,33)(H,29,30). The molecule has 1 aliphatic rings. The zero-order valence-corrected chi connectivity index (χ0v) is 18.2. The lowest BCUT2D eigenvalue weighted by Gasteiger charge is -2.10. The molecule has 4 aromatic rings. The van der Waals surface area contributed by atoms with Crippen molar-refractivity contribution in [2.75, 3.05) is 5.32 Å². The lowest BCUT2D eigenvalue weighted by atomic mass is 10.0. The average Bonchev–Trinajstić information content (AvgIpc) is 3.51. The number of carbonyl (C=O) groups excluding carboxylic acids is 2. The Labute approximate surface area is 191 Å². The van der Waals surface area contributed by atoms with Crippen LogP contribution in [-0.2, 0) is 11.2 Å². The molecule has 1 heterocycles. The molecule has 3 N–H and O–H groups in total. The Morgan fingerprint density at radius 3 is 2.42 bits per heavy atom. The maximum Gasteiger partial charge on any atom is 0.227 e. The fourth-order valence-electron chi connectivity index (χ4n) is 4.36. The van der Waals surface area contributed by atoms with E-state index >= 15 is 0 Å². The van der Waals surface area contributed by atoms with Gasteiger partial charge in [-0.1, -0.05) is 25.0 Å². The minimum absolute atomic E-state index is 0.00510. The summed E-state index contributed by atoms with van der Waals surface area (Å²) in [5.74, 6) is 1.12. The molecule has 6 nitrogen and oxygen atoms in total. The van der Waals surface area contributed by atoms with Crippen molar-refractivity contribution in [3.63, 3.8) is 0 Å². The van der Waals surface area contributed by atoms with Crippen molar-refractivity contribution in [3.05, 3.63) is 77.9 Å². The average molecular weight is 440 g/mol. The molecule has 1 saturated carbocycles. The molecule has 0 saturated heterocycles. The number of aromatic nitrogens is 2. The number of aromatic hydroxyl groups is 1. The Bertz CT molecular complexity index is 1300. The van der Waals surface area contributed by atoms with E-state index in [-0.39, 0.29) is 29.8 Å². The van der Waals surface area contributed by atoms with Crippen LogP contribution in [0.15, 0.2) is 66.7 Å². The third-order valence-corrected chi connectivity index (χ3v) is 6.26. The minimum atomic E-state index is -0.00510. The predicted octanol–water partition coefficient (Wildman–Crippen LogP) is 5.49. The highest BCUT2D eigenvalue weighted by atomic mass is 16.3. The smallest absolute Gasteiger partial charge is 0.227 e. The number of nitrogens with one attached hydrogen (secondary N) is 2. The molecular weight excluding hydrogens is 414 g/mol. The van der Waals surface area contributed by atoms with E-state index in [2.05, 4.69) is 15.3 Å². The lowest BCUT2D eigenvalue weighted by Crippen LogP contribution is -2.20. The molecule has 0 radical (unpaired) electrons. The van der Waals surface area contributed by atoms with Gasteiger partial charge in [-0.15, -0.1) is 0 Å². The van der Waals surface area contributed by atoms with Gasteiger partial charge in [0.05, 0.1) is 11.0 Å². The summed E-state index contributed by atoms with van der Waals surface area (Å²) >= 11 is 0. The van der Waals surface area contributed by atoms with Crippen LogP contribution >= 0.6 is 0 Å². The van der Waals surface area contributed by atoms with Crippen LogP contribution in [0.4, 0.5) is 5.69 Å². The molecule has 1 amide bonds. The number of hydrogen-bond acceptors (Lipinski definition) is 4. The Hall–Kier alpha value is -3.93. The highest BCUT2D eigenvalue weighted by Crippen LogP contribution is 2.27. The number of benzene rings is 3. The minimum Gasteiger partial charge on any atom is -0.508 e. The molecule has 3 aromatic carbocycles. The van der Waals surface area contributed by atoms with Gasteiger partial charge < -0.3 is 15.4 Å². The van der Waals surface area contributed by atoms with Crippen LogP contribution in [-0.4, -0.2) is 26.8 Å². The maximum absolute atomic E-state index is 12.7. The van der Waals surface area contributed by atoms with Crippen LogP contribution in [0, 0.1) is 5.92 Å². The van der Waals surface area contributed by atoms with Crippen LogP contribution in [0.3, 0.4) is 0 Å². The van der Waals surface area contributed by atoms with E-state index in [0.717, 1.165) is 53.5 Å². The second-order valence-corrected chi connectivity index (χ2v) is 8.63. The largest absolute Gasteiger partial charge is 0.508 e. The second-order valence-electron chi connectivity index (χ2n) is 8.63. The lowest BCUT2D eigenvalue weighted by molar-refractivity contribution is -0.119. The number of nitrogens with zero attached hydrogens (tertiary/aromatic N) is 1. The Morgan fingerprint density at radius 1 is 0.970 bits per heavy atom. The fraction of sp³-hybridized carbons (Fsp3) is 0.222. The molecule has 1 aromatic heterocycles. The van der Waals surface area contributed by atoms with Crippen LogP contribution < -0.4 is 5.32 Å². The van der Waals surface area contributed by atoms with E-state index < -0.39 is 0 Å². The van der Waals surface area contributed by atoms with Gasteiger partial charge in [0.15, 0.2) is 5.78 Å². The quantitative estimate of drug-likeness (QED) is 0.346. The normalized spacial score (nSPS) is 13.9. The number of rotatable bonds is 6. The zero-order chi connectivity index (χ0) is 22.8. The number of phenols is 1. The maximum atomic E-state index is 12.7. The number of imidazole rings is 1. The number of hydrogen-bond donors (Lipinski definition) is 3. The number of aromatic amines is 1. The molecule has 1 aliphatic carbocycles. The van der Waals surface area contributed by atoms with Gasteiger partial charge in [-0.25, -0.2) is 4.98 Å². The summed E-state index contributed by atoms with van der Waals surface area (Å²) in [7, 11) is 0. The van der Waals surface area contributed by atoms with Gasteiger partial charge in [0.2, 0.25) is 5.91 Å². The summed E-state index contributed by atoms with van der Waals surface area (Å²) < 4.78 is 0. The third kappa shape index (κ3) is 4.65. The number of carbonyl (C=O) groups is 2. The molecule has 0 atom stereocenters. The number of amides is 1. The van der Waals surface area contributed by atoms with Gasteiger partial charge in [0.1, 0.15) is 11.6 Å². The molecule has 0 bridgehead atoms. The summed E-state index contributed by atoms with van der Waals surface area (Å²) in [5, 5.41) is 12.4. The van der Waals surface area contributed by atoms with Crippen molar-refractivity contribution in [2.45, 2.75) is 32.1 Å².